The molecule has 0 fully saturated rings. The van der Waals surface area contributed by atoms with Crippen LogP contribution >= 0.6 is 24.4 Å². The van der Waals surface area contributed by atoms with Crippen molar-refractivity contribution >= 4 is 59.7 Å². The lowest BCUT2D eigenvalue weighted by Crippen LogP contribution is -2.22. The Morgan fingerprint density at radius 2 is 0.921 bits per heavy atom. The number of carboxylic acids is 2. The number of nitrogens with zero attached hydrogens (tertiary/aromatic N) is 2. The number of carbonyl (C=O) groups is 4. The fourth-order valence-electron chi connectivity index (χ4n) is 8.37. The molecule has 5 rings (SSSR count). The number of allylic oxidation sites excluding steroid dienone is 2. The lowest BCUT2D eigenvalue weighted by atomic mass is 9.98. The average molecular weight is 1640 g/mol. The number of thioether (sulfide) groups is 1. The first kappa shape index (κ1) is 126. The van der Waals surface area contributed by atoms with Gasteiger partial charge in [-0.05, 0) is 225 Å². The minimum Gasteiger partial charge on any atom is -0.508 e. The smallest absolute Gasteiger partial charge is 0.303 e. The summed E-state index contributed by atoms with van der Waals surface area (Å²) in [6, 6.07) is 26.8. The molecule has 4 aromatic rings. The van der Waals surface area contributed by atoms with Crippen LogP contribution < -0.4 is 28.7 Å². The molecule has 3 aromatic carbocycles. The SMILES string of the molecule is CC(C)C(C)O.CC(C)CC(=O)O.CC(C)CC(N)=O.CC(C)CC1=CCc2ccccc21.CC(C)CCC(=O)O.CC(C)CCC(N)=O.CC(C)CCCCN.CC(C)CCCN=C(N)N.CC(C)CO.CC(C)CS.CC(C)Cc1ccc(O)cc1.CC(C)Cc1ccccc1.CC(C)Cc1cnc[nH]1.CSCCC(C)C. The van der Waals surface area contributed by atoms with Gasteiger partial charge in [0, 0.05) is 50.7 Å². The number of aromatic hydroxyl groups is 1. The molecule has 0 spiro atoms. The number of aromatic nitrogens is 2. The zero-order valence-corrected chi connectivity index (χ0v) is 80.2. The van der Waals surface area contributed by atoms with E-state index in [1.54, 1.807) is 31.0 Å². The molecule has 1 aliphatic rings. The number of amides is 2. The van der Waals surface area contributed by atoms with Crippen LogP contribution in [0.15, 0.2) is 102 Å². The minimum atomic E-state index is -0.713. The van der Waals surface area contributed by atoms with Crippen LogP contribution in [0.4, 0.5) is 0 Å². The Hall–Kier alpha value is -5.86. The zero-order valence-electron chi connectivity index (χ0n) is 78.5. The summed E-state index contributed by atoms with van der Waals surface area (Å²) in [5.74, 6) is 9.80. The summed E-state index contributed by atoms with van der Waals surface area (Å²) in [6.07, 6.45) is 24.5. The van der Waals surface area contributed by atoms with E-state index in [0.29, 0.717) is 73.0 Å². The summed E-state index contributed by atoms with van der Waals surface area (Å²) >= 11 is 5.95. The van der Waals surface area contributed by atoms with Gasteiger partial charge in [-0.2, -0.15) is 24.4 Å². The van der Waals surface area contributed by atoms with Gasteiger partial charge in [0.05, 0.1) is 12.4 Å². The highest BCUT2D eigenvalue weighted by Gasteiger charge is 2.14. The Bertz CT molecular complexity index is 2690. The summed E-state index contributed by atoms with van der Waals surface area (Å²) in [5.41, 5.74) is 33.8. The largest absolute Gasteiger partial charge is 0.508 e. The van der Waals surface area contributed by atoms with E-state index >= 15 is 0 Å². The predicted molar refractivity (Wildman–Crippen MR) is 505 cm³/mol. The van der Waals surface area contributed by atoms with E-state index in [1.165, 1.54) is 78.6 Å². The molecule has 19 heteroatoms. The molecule has 0 saturated heterocycles. The molecule has 17 nitrogen and oxygen atoms in total. The Morgan fingerprint density at radius 3 is 1.21 bits per heavy atom. The maximum Gasteiger partial charge on any atom is 0.303 e. The molecule has 16 N–H and O–H groups in total. The van der Waals surface area contributed by atoms with Crippen molar-refractivity contribution in [1.29, 1.82) is 0 Å². The van der Waals surface area contributed by atoms with Crippen molar-refractivity contribution in [2.75, 3.05) is 37.5 Å². The van der Waals surface area contributed by atoms with Crippen LogP contribution in [0.2, 0.25) is 0 Å². The number of carbonyl (C=O) groups excluding carboxylic acids is 2. The fraction of sp³-hybridized carbons (Fsp3) is 0.705. The van der Waals surface area contributed by atoms with Crippen LogP contribution in [-0.2, 0) is 44.9 Å². The molecule has 114 heavy (non-hydrogen) atoms. The summed E-state index contributed by atoms with van der Waals surface area (Å²) in [6.45, 7) is 63.0. The first-order valence-electron chi connectivity index (χ1n) is 42.6. The maximum absolute atomic E-state index is 10.1. The average Bonchev–Trinajstić information content (AvgIpc) is 1.69. The number of nitrogens with one attached hydrogen (secondary N) is 1. The molecule has 0 saturated carbocycles. The van der Waals surface area contributed by atoms with Crippen molar-refractivity contribution < 1.29 is 44.7 Å². The van der Waals surface area contributed by atoms with Gasteiger partial charge in [0.2, 0.25) is 11.8 Å². The number of aliphatic hydroxyl groups excluding tert-OH is 2. The number of rotatable bonds is 32. The molecule has 0 aliphatic heterocycles. The van der Waals surface area contributed by atoms with E-state index < -0.39 is 11.9 Å². The first-order chi connectivity index (χ1) is 52.9. The fourth-order valence-corrected chi connectivity index (χ4v) is 9.07. The number of guanidine groups is 1. The lowest BCUT2D eigenvalue weighted by Gasteiger charge is -2.07. The summed E-state index contributed by atoms with van der Waals surface area (Å²) in [7, 11) is 0. The number of unbranched alkanes of at least 4 members (excludes halogenated alkanes) is 1. The number of aliphatic hydroxyl groups is 2. The number of thiol groups is 1. The molecule has 1 heterocycles. The molecular weight excluding hydrogens is 1460 g/mol. The standard InChI is InChI=1S/C13H16.C10H14O.C10H14.C7H17N3.C7H12N2.C7H17N.C6H13NO.C6H12O2.C6H14S.C5H11NO.C5H10O2.C5H12O.C4H10O.C4H10S/c1-10(2)9-12-8-7-11-5-3-4-6-13(11)12;1-8(2)7-9-3-5-10(11)6-4-9;1-9(2)8-10-6-4-3-5-7-10;1-6(2)4-3-5-10-7(8)9;1-6(2)3-7-4-8-5-9-7;1-7(2)5-3-4-6-8;2*1-5(2)3-4-6(7)8;1-6(2)4-5-7-3;2*1-4(2)3-5(6)7;1-4(2)5(3)6;2*1-4(2)3-5/h3-6,8,10H,7,9H2,1-2H3;3-6,8,11H,7H2,1-2H3;3-7,9H,8H2,1-2H3;6H,3-5H2,1-2H3,(H4,8,9,10);4-6H,3H2,1-2H3,(H,8,9);7H,3-6,8H2,1-2H3;5H,3-4H2,1-2H3,(H2,7,8);5H,3-4H2,1-2H3,(H,7,8);6H,4-5H2,1-3H3;4H,3H2,1-2H3,(H2,6,7);4H,3H2,1-2H3,(H,6,7);4-6H,1-3H3;2*4-5H,3H2,1-2H3. The minimum absolute atomic E-state index is 0.148. The van der Waals surface area contributed by atoms with Crippen molar-refractivity contribution in [3.63, 3.8) is 0 Å². The number of hydrogen-bond donors (Lipinski definition) is 12. The van der Waals surface area contributed by atoms with Crippen molar-refractivity contribution in [1.82, 2.24) is 9.97 Å². The number of phenolic OH excluding ortho intramolecular Hbond substituents is 1. The molecule has 0 radical (unpaired) electrons. The maximum atomic E-state index is 10.1. The number of aliphatic imine (C=N–C) groups is 1. The van der Waals surface area contributed by atoms with Gasteiger partial charge >= 0.3 is 11.9 Å². The van der Waals surface area contributed by atoms with Crippen LogP contribution in [0.5, 0.6) is 5.75 Å². The van der Waals surface area contributed by atoms with Gasteiger partial charge in [0.1, 0.15) is 5.75 Å². The number of primary amides is 2. The molecule has 1 atom stereocenters. The number of aliphatic carboxylic acids is 2. The van der Waals surface area contributed by atoms with E-state index in [9.17, 15) is 19.2 Å². The van der Waals surface area contributed by atoms with Crippen LogP contribution in [0.25, 0.3) is 5.57 Å². The number of aromatic amines is 1. The highest BCUT2D eigenvalue weighted by atomic mass is 32.2. The number of carboxylic acid groups (broad SMARTS) is 2. The number of benzene rings is 3. The van der Waals surface area contributed by atoms with Gasteiger partial charge in [0.15, 0.2) is 5.96 Å². The third-order valence-electron chi connectivity index (χ3n) is 15.0. The molecule has 1 aromatic heterocycles. The number of hydrogen-bond acceptors (Lipinski definition) is 12. The predicted octanol–water partition coefficient (Wildman–Crippen LogP) is 22.9. The van der Waals surface area contributed by atoms with Gasteiger partial charge in [-0.1, -0.05) is 280 Å². The van der Waals surface area contributed by atoms with Crippen molar-refractivity contribution in [3.8, 4) is 5.75 Å². The number of fused-ring (bicyclic) bond motifs is 1. The van der Waals surface area contributed by atoms with Gasteiger partial charge < -0.3 is 59.2 Å². The topological polar surface area (TPSA) is 341 Å². The number of H-pyrrole nitrogens is 1. The Kier molecular flexibility index (Phi) is 97.5. The Balaban J connectivity index is -0.000000150. The highest BCUT2D eigenvalue weighted by molar-refractivity contribution is 7.98. The van der Waals surface area contributed by atoms with Crippen molar-refractivity contribution in [3.05, 3.63) is 125 Å². The van der Waals surface area contributed by atoms with Gasteiger partial charge in [0.25, 0.3) is 0 Å². The molecule has 1 aliphatic carbocycles. The lowest BCUT2D eigenvalue weighted by molar-refractivity contribution is -0.138. The molecular formula is C95H182N8O9S2. The van der Waals surface area contributed by atoms with E-state index in [1.807, 2.05) is 99.3 Å². The Labute approximate surface area is 711 Å². The third kappa shape index (κ3) is 124. The second-order valence-electron chi connectivity index (χ2n) is 34.8. The zero-order chi connectivity index (χ0) is 90.3. The monoisotopic (exact) mass is 1640 g/mol. The quantitative estimate of drug-likeness (QED) is 0.00936. The molecule has 1 unspecified atom stereocenters. The number of phenols is 1. The van der Waals surface area contributed by atoms with Gasteiger partial charge in [-0.15, -0.1) is 0 Å². The van der Waals surface area contributed by atoms with E-state index in [-0.39, 0.29) is 36.2 Å². The highest BCUT2D eigenvalue weighted by Crippen LogP contribution is 2.31. The number of imidazole rings is 1. The molecule has 0 bridgehead atoms. The van der Waals surface area contributed by atoms with Crippen molar-refractivity contribution in [2.45, 2.75) is 316 Å². The second-order valence-corrected chi connectivity index (χ2v) is 36.2. The van der Waals surface area contributed by atoms with Crippen LogP contribution in [-0.4, -0.2) is 109 Å². The van der Waals surface area contributed by atoms with E-state index in [4.69, 9.17) is 54.2 Å². The summed E-state index contributed by atoms with van der Waals surface area (Å²) in [5, 5.41) is 42.0. The second kappa shape index (κ2) is 88.0. The molecule has 2 amide bonds. The Morgan fingerprint density at radius 1 is 0.500 bits per heavy atom. The third-order valence-corrected chi connectivity index (χ3v) is 16.3. The normalized spacial score (nSPS) is 10.9. The number of nitrogens with two attached hydrogens (primary N) is 5. The van der Waals surface area contributed by atoms with E-state index in [2.05, 4.69) is 219 Å². The van der Waals surface area contributed by atoms with Crippen LogP contribution in [0, 0.1) is 82.9 Å². The summed E-state index contributed by atoms with van der Waals surface area (Å²) < 4.78 is 0. The van der Waals surface area contributed by atoms with Gasteiger partial charge in [-0.25, -0.2) is 4.98 Å². The molecule has 668 valence electrons. The summed E-state index contributed by atoms with van der Waals surface area (Å²) in [4.78, 5) is 50.7. The first-order valence-corrected chi connectivity index (χ1v) is 44.6. The van der Waals surface area contributed by atoms with Crippen molar-refractivity contribution in [2.24, 2.45) is 117 Å². The van der Waals surface area contributed by atoms with Gasteiger partial charge in [-0.3, -0.25) is 24.2 Å². The van der Waals surface area contributed by atoms with Crippen LogP contribution in [0.1, 0.15) is 312 Å². The van der Waals surface area contributed by atoms with Crippen LogP contribution in [0.3, 0.4) is 0 Å². The van der Waals surface area contributed by atoms with E-state index in [0.717, 1.165) is 92.9 Å².